The highest BCUT2D eigenvalue weighted by molar-refractivity contribution is 5.91. The number of carbonyl (C=O) groups is 6. The van der Waals surface area contributed by atoms with Gasteiger partial charge in [0, 0.05) is 71.9 Å². The molecule has 4 N–H and O–H groups in total. The molecule has 4 aromatic carbocycles. The molecule has 428 valence electrons. The Morgan fingerprint density at radius 1 is 0.662 bits per heavy atom. The maximum atomic E-state index is 13.6. The third kappa shape index (κ3) is 14.5. The van der Waals surface area contributed by atoms with E-state index in [9.17, 15) is 33.9 Å². The molecule has 2 unspecified atom stereocenters. The number of nitrogens with one attached hydrogen (secondary N) is 1. The number of nitrogens with two attached hydrogens (primary N) is 1. The Labute approximate surface area is 473 Å². The molecule has 3 amide bonds. The summed E-state index contributed by atoms with van der Waals surface area (Å²) in [5.74, 6) is -0.867. The Balaban J connectivity index is 0.000000193. The minimum Gasteiger partial charge on any atom is -0.480 e. The summed E-state index contributed by atoms with van der Waals surface area (Å²) in [5, 5.41) is 12.2. The van der Waals surface area contributed by atoms with E-state index in [-0.39, 0.29) is 73.9 Å². The van der Waals surface area contributed by atoms with Crippen molar-refractivity contribution >= 4 is 35.6 Å². The smallest absolute Gasteiger partial charge is 0.410 e. The van der Waals surface area contributed by atoms with Crippen LogP contribution >= 0.6 is 0 Å². The number of rotatable bonds is 21. The summed E-state index contributed by atoms with van der Waals surface area (Å²) in [7, 11) is 4.34. The van der Waals surface area contributed by atoms with Crippen LogP contribution in [-0.2, 0) is 38.1 Å². The molecule has 80 heavy (non-hydrogen) atoms. The fourth-order valence-electron chi connectivity index (χ4n) is 11.8. The predicted octanol–water partition coefficient (Wildman–Crippen LogP) is 11.0. The van der Waals surface area contributed by atoms with Crippen molar-refractivity contribution in [2.45, 2.75) is 147 Å². The third-order valence-electron chi connectivity index (χ3n) is 16.1. The van der Waals surface area contributed by atoms with Crippen LogP contribution in [-0.4, -0.2) is 127 Å². The van der Waals surface area contributed by atoms with Gasteiger partial charge in [0.2, 0.25) is 0 Å². The van der Waals surface area contributed by atoms with Crippen molar-refractivity contribution in [3.63, 3.8) is 0 Å². The zero-order valence-electron chi connectivity index (χ0n) is 48.2. The Morgan fingerprint density at radius 3 is 1.49 bits per heavy atom. The lowest BCUT2D eigenvalue weighted by Gasteiger charge is -2.28. The van der Waals surface area contributed by atoms with Crippen molar-refractivity contribution in [1.29, 1.82) is 0 Å². The Bertz CT molecular complexity index is 2790. The largest absolute Gasteiger partial charge is 0.480 e. The van der Waals surface area contributed by atoms with Crippen molar-refractivity contribution < 1.29 is 54.2 Å². The first kappa shape index (κ1) is 59.2. The SMILES string of the molecule is C=C1C[C@@H](C(=O)C[C@H](CCC)C(OC)C(=O)CC2CC2)N(C(=O)OCC2c3ccccc3-c3ccccc32)C1.C=C1C[C@@H](C(=O)O)N(C(=O)OCC2c3ccccc3-c3ccccc32)C1.CCC[C@H](N)C(OC)C(=O)NC1CC1.[2H]C. The molecule has 6 aliphatic rings. The van der Waals surface area contributed by atoms with Crippen LogP contribution in [0.25, 0.3) is 22.3 Å². The highest BCUT2D eigenvalue weighted by Crippen LogP contribution is 2.46. The van der Waals surface area contributed by atoms with Gasteiger partial charge in [0.05, 0.1) is 6.04 Å². The van der Waals surface area contributed by atoms with Gasteiger partial charge in [-0.05, 0) is 101 Å². The number of carbonyl (C=O) groups excluding carboxylic acids is 5. The number of carboxylic acids is 1. The van der Waals surface area contributed by atoms with Crippen molar-refractivity contribution in [2.75, 3.05) is 40.5 Å². The summed E-state index contributed by atoms with van der Waals surface area (Å²) >= 11 is 0. The summed E-state index contributed by atoms with van der Waals surface area (Å²) in [5.41, 5.74) is 16.6. The lowest BCUT2D eigenvalue weighted by Crippen LogP contribution is -2.48. The summed E-state index contributed by atoms with van der Waals surface area (Å²) in [6.45, 7) is 12.9. The maximum Gasteiger partial charge on any atom is 0.410 e. The molecule has 2 aliphatic heterocycles. The number of carboxylic acid groups (broad SMARTS) is 1. The molecule has 0 radical (unpaired) electrons. The molecule has 0 bridgehead atoms. The number of ether oxygens (including phenoxy) is 4. The predicted molar refractivity (Wildman–Crippen MR) is 309 cm³/mol. The first-order valence-electron chi connectivity index (χ1n) is 29.1. The highest BCUT2D eigenvalue weighted by Gasteiger charge is 2.42. The van der Waals surface area contributed by atoms with E-state index in [1.165, 1.54) is 35.4 Å². The van der Waals surface area contributed by atoms with Gasteiger partial charge in [0.25, 0.3) is 5.91 Å². The van der Waals surface area contributed by atoms with E-state index >= 15 is 0 Å². The van der Waals surface area contributed by atoms with Crippen molar-refractivity contribution in [2.24, 2.45) is 17.6 Å². The zero-order chi connectivity index (χ0) is 58.3. The molecule has 2 saturated carbocycles. The van der Waals surface area contributed by atoms with E-state index < -0.39 is 42.4 Å². The lowest BCUT2D eigenvalue weighted by atomic mass is 9.86. The van der Waals surface area contributed by atoms with Crippen LogP contribution in [0, 0.1) is 11.8 Å². The monoisotopic (exact) mass is 1100 g/mol. The number of ketones is 2. The second-order valence-electron chi connectivity index (χ2n) is 22.0. The van der Waals surface area contributed by atoms with Gasteiger partial charge in [-0.15, -0.1) is 0 Å². The van der Waals surface area contributed by atoms with Gasteiger partial charge in [0.1, 0.15) is 25.4 Å². The normalized spacial score (nSPS) is 19.4. The molecule has 4 fully saturated rings. The number of likely N-dealkylation sites (tertiary alicyclic amines) is 2. The van der Waals surface area contributed by atoms with Crippen LogP contribution in [0.2, 0.25) is 0 Å². The Morgan fingerprint density at radius 2 is 1.09 bits per heavy atom. The minimum absolute atomic E-state index is 0.0413. The maximum absolute atomic E-state index is 13.6. The fourth-order valence-corrected chi connectivity index (χ4v) is 11.8. The van der Waals surface area contributed by atoms with Crippen molar-refractivity contribution in [3.8, 4) is 22.3 Å². The number of methoxy groups -OCH3 is 2. The van der Waals surface area contributed by atoms with Gasteiger partial charge in [-0.3, -0.25) is 24.2 Å². The van der Waals surface area contributed by atoms with Gasteiger partial charge < -0.3 is 35.1 Å². The average molecular weight is 1100 g/mol. The van der Waals surface area contributed by atoms with Crippen LogP contribution < -0.4 is 11.1 Å². The van der Waals surface area contributed by atoms with E-state index in [4.69, 9.17) is 26.1 Å². The molecule has 4 aliphatic carbocycles. The van der Waals surface area contributed by atoms with Gasteiger partial charge in [-0.1, -0.05) is 155 Å². The molecule has 15 heteroatoms. The standard InChI is InChI=1S/C33H39NO5.C21H19NO4.C10H20N2O2.CH4/c1-4-9-23(32(38-3)31(36)17-22-14-15-22)18-30(35)29-16-21(2)19-34(29)33(37)39-20-28-26-12-7-5-10-24(26)25-11-6-8-13-27(25)28;1-13-10-19(20(23)24)22(11-13)21(25)26-12-18-16-8-4-2-6-14(16)15-7-3-5-9-17(15)18;1-3-4-8(11)9(14-2)10(13)12-7-5-6-7;/h5-8,10-13,22-23,28-29,32H,2,4,9,14-20H2,1,3H3;2-9,18-19H,1,10-12H2,(H,23,24);7-9H,3-6,11H2,1-2H3,(H,12,13);1H4/t23-,29-,32?;19-;8-,9?;/m000./s1/i;;;1D. The number of nitrogens with zero attached hydrogens (tertiary/aromatic N) is 2. The molecule has 15 nitrogen and oxygen atoms in total. The summed E-state index contributed by atoms with van der Waals surface area (Å²) in [6.07, 6.45) is 7.00. The van der Waals surface area contributed by atoms with E-state index in [0.29, 0.717) is 31.3 Å². The number of hydrogen-bond donors (Lipinski definition) is 3. The molecular formula is C65H82N4O11. The summed E-state index contributed by atoms with van der Waals surface area (Å²) in [6, 6.07) is 31.3. The first-order chi connectivity index (χ1) is 39.1. The summed E-state index contributed by atoms with van der Waals surface area (Å²) < 4.78 is 27.9. The fraction of sp³-hybridized carbons (Fsp3) is 0.477. The quantitative estimate of drug-likeness (QED) is 0.0667. The number of fused-ring (bicyclic) bond motifs is 6. The van der Waals surface area contributed by atoms with Gasteiger partial charge in [0.15, 0.2) is 17.7 Å². The van der Waals surface area contributed by atoms with Gasteiger partial charge in [-0.2, -0.15) is 0 Å². The topological polar surface area (TPSA) is 204 Å². The Kier molecular flexibility index (Phi) is 20.7. The number of Topliss-reactive ketones (excluding diaryl/α,β-unsaturated/α-hetero) is 2. The number of amides is 3. The second kappa shape index (κ2) is 28.0. The van der Waals surface area contributed by atoms with Crippen LogP contribution in [0.15, 0.2) is 121 Å². The van der Waals surface area contributed by atoms with Gasteiger partial charge in [-0.25, -0.2) is 14.4 Å². The molecular weight excluding hydrogens is 1010 g/mol. The van der Waals surface area contributed by atoms with Crippen molar-refractivity contribution in [1.82, 2.24) is 15.1 Å². The first-order valence-corrected chi connectivity index (χ1v) is 28.1. The second-order valence-corrected chi connectivity index (χ2v) is 22.0. The van der Waals surface area contributed by atoms with E-state index in [1.54, 1.807) is 7.11 Å². The zero-order valence-corrected chi connectivity index (χ0v) is 47.2. The summed E-state index contributed by atoms with van der Waals surface area (Å²) in [4.78, 5) is 78.1. The molecule has 2 heterocycles. The van der Waals surface area contributed by atoms with Crippen LogP contribution in [0.3, 0.4) is 0 Å². The molecule has 0 aromatic heterocycles. The molecule has 6 atom stereocenters. The van der Waals surface area contributed by atoms with Crippen LogP contribution in [0.1, 0.15) is 134 Å². The van der Waals surface area contributed by atoms with Gasteiger partial charge >= 0.3 is 18.2 Å². The molecule has 4 aromatic rings. The number of hydrogen-bond acceptors (Lipinski definition) is 11. The average Bonchev–Trinajstić information content (AvgIpc) is 4.46. The highest BCUT2D eigenvalue weighted by atomic mass is 16.6. The van der Waals surface area contributed by atoms with Crippen LogP contribution in [0.5, 0.6) is 0 Å². The van der Waals surface area contributed by atoms with Crippen molar-refractivity contribution in [3.05, 3.63) is 144 Å². The number of benzene rings is 4. The molecule has 0 spiro atoms. The molecule has 10 rings (SSSR count). The van der Waals surface area contributed by atoms with E-state index in [0.717, 1.165) is 95.9 Å². The van der Waals surface area contributed by atoms with E-state index in [1.807, 2.05) is 67.6 Å². The lowest BCUT2D eigenvalue weighted by molar-refractivity contribution is -0.141. The van der Waals surface area contributed by atoms with Crippen LogP contribution in [0.4, 0.5) is 9.59 Å². The Hall–Kier alpha value is -6.94. The minimum atomic E-state index is -1.03. The molecule has 2 saturated heterocycles. The van der Waals surface area contributed by atoms with E-state index in [2.05, 4.69) is 61.8 Å². The third-order valence-corrected chi connectivity index (χ3v) is 16.1. The number of aliphatic carboxylic acids is 1.